The molecule has 0 spiro atoms. The summed E-state index contributed by atoms with van der Waals surface area (Å²) in [4.78, 5) is 17.6. The van der Waals surface area contributed by atoms with Crippen LogP contribution in [0.1, 0.15) is 10.4 Å². The lowest BCUT2D eigenvalue weighted by atomic mass is 10.2. The van der Waals surface area contributed by atoms with Crippen LogP contribution in [0.3, 0.4) is 0 Å². The van der Waals surface area contributed by atoms with Crippen LogP contribution in [0.25, 0.3) is 10.2 Å². The molecule has 0 aliphatic rings. The molecule has 27 heavy (non-hydrogen) atoms. The number of ether oxygens (including phenoxy) is 1. The lowest BCUT2D eigenvalue weighted by Gasteiger charge is -2.05. The number of sulfone groups is 1. The summed E-state index contributed by atoms with van der Waals surface area (Å²) in [5, 5.41) is 0. The predicted octanol–water partition coefficient (Wildman–Crippen LogP) is 3.26. The fraction of sp³-hybridized carbons (Fsp3) is 0.222. The number of amides is 1. The topological polar surface area (TPSA) is 77.7 Å². The fourth-order valence-electron chi connectivity index (χ4n) is 2.55. The molecule has 0 unspecified atom stereocenters. The van der Waals surface area contributed by atoms with Gasteiger partial charge in [-0.05, 0) is 46.3 Å². The minimum Gasteiger partial charge on any atom is -0.383 e. The molecule has 0 aliphatic heterocycles. The van der Waals surface area contributed by atoms with Gasteiger partial charge in [0.1, 0.15) is 0 Å². The average Bonchev–Trinajstić information content (AvgIpc) is 2.95. The highest BCUT2D eigenvalue weighted by Gasteiger charge is 2.14. The molecule has 9 heteroatoms. The molecule has 0 bridgehead atoms. The molecule has 1 heterocycles. The normalized spacial score (nSPS) is 12.6. The van der Waals surface area contributed by atoms with Gasteiger partial charge in [-0.1, -0.05) is 23.5 Å². The second kappa shape index (κ2) is 8.05. The molecule has 1 aromatic heterocycles. The second-order valence-corrected chi connectivity index (χ2v) is 9.71. The van der Waals surface area contributed by atoms with Crippen LogP contribution < -0.4 is 4.80 Å². The summed E-state index contributed by atoms with van der Waals surface area (Å²) in [7, 11) is -1.72. The van der Waals surface area contributed by atoms with Crippen molar-refractivity contribution >= 4 is 53.2 Å². The maximum absolute atomic E-state index is 12.6. The molecule has 2 aromatic carbocycles. The van der Waals surface area contributed by atoms with Crippen molar-refractivity contribution in [1.82, 2.24) is 4.57 Å². The Morgan fingerprint density at radius 2 is 2.00 bits per heavy atom. The Bertz CT molecular complexity index is 1180. The van der Waals surface area contributed by atoms with Crippen molar-refractivity contribution in [3.8, 4) is 0 Å². The molecular weight excluding hydrogens is 452 g/mol. The van der Waals surface area contributed by atoms with Gasteiger partial charge in [-0.15, -0.1) is 0 Å². The van der Waals surface area contributed by atoms with Gasteiger partial charge in [0, 0.05) is 24.4 Å². The van der Waals surface area contributed by atoms with Crippen molar-refractivity contribution < 1.29 is 17.9 Å². The van der Waals surface area contributed by atoms with E-state index in [0.29, 0.717) is 28.0 Å². The first-order valence-electron chi connectivity index (χ1n) is 7.97. The average molecular weight is 469 g/mol. The number of hydrogen-bond acceptors (Lipinski definition) is 5. The molecular formula is C18H17BrN2O4S2. The number of thiazole rings is 1. The number of carbonyl (C=O) groups is 1. The molecule has 0 atom stereocenters. The van der Waals surface area contributed by atoms with Crippen molar-refractivity contribution in [1.29, 1.82) is 0 Å². The third kappa shape index (κ3) is 4.37. The van der Waals surface area contributed by atoms with Crippen molar-refractivity contribution in [2.24, 2.45) is 4.99 Å². The Morgan fingerprint density at radius 1 is 1.26 bits per heavy atom. The maximum atomic E-state index is 12.6. The van der Waals surface area contributed by atoms with Crippen molar-refractivity contribution in [3.63, 3.8) is 0 Å². The molecule has 0 radical (unpaired) electrons. The summed E-state index contributed by atoms with van der Waals surface area (Å²) >= 11 is 4.64. The predicted molar refractivity (Wildman–Crippen MR) is 109 cm³/mol. The van der Waals surface area contributed by atoms with Gasteiger partial charge in [0.25, 0.3) is 5.91 Å². The largest absolute Gasteiger partial charge is 0.383 e. The van der Waals surface area contributed by atoms with E-state index < -0.39 is 9.84 Å². The van der Waals surface area contributed by atoms with Crippen LogP contribution in [-0.4, -0.2) is 38.9 Å². The molecule has 3 rings (SSSR count). The van der Waals surface area contributed by atoms with Crippen LogP contribution in [0.5, 0.6) is 0 Å². The fourth-order valence-corrected chi connectivity index (χ4v) is 4.82. The zero-order chi connectivity index (χ0) is 19.6. The van der Waals surface area contributed by atoms with Gasteiger partial charge >= 0.3 is 0 Å². The van der Waals surface area contributed by atoms with E-state index in [-0.39, 0.29) is 10.8 Å². The zero-order valence-corrected chi connectivity index (χ0v) is 17.9. The number of carbonyl (C=O) groups excluding carboxylic acids is 1. The molecule has 0 N–H and O–H groups in total. The van der Waals surface area contributed by atoms with Gasteiger partial charge in [-0.2, -0.15) is 4.99 Å². The van der Waals surface area contributed by atoms with Crippen LogP contribution in [0, 0.1) is 0 Å². The van der Waals surface area contributed by atoms with E-state index in [1.165, 1.54) is 17.6 Å². The standard InChI is InChI=1S/C18H17BrN2O4S2/c1-25-10-9-21-15-8-7-12(27(2,23)24)11-16(15)26-18(21)20-17(22)13-5-3-4-6-14(13)19/h3-8,11H,9-10H2,1-2H3. The van der Waals surface area contributed by atoms with Crippen LogP contribution >= 0.6 is 27.3 Å². The third-order valence-corrected chi connectivity index (χ3v) is 6.75. The van der Waals surface area contributed by atoms with Gasteiger partial charge in [-0.3, -0.25) is 4.79 Å². The summed E-state index contributed by atoms with van der Waals surface area (Å²) in [6.07, 6.45) is 1.17. The highest BCUT2D eigenvalue weighted by molar-refractivity contribution is 9.10. The van der Waals surface area contributed by atoms with Gasteiger partial charge in [-0.25, -0.2) is 8.42 Å². The van der Waals surface area contributed by atoms with Gasteiger partial charge < -0.3 is 9.30 Å². The number of hydrogen-bond donors (Lipinski definition) is 0. The minimum absolute atomic E-state index is 0.235. The smallest absolute Gasteiger partial charge is 0.280 e. The van der Waals surface area contributed by atoms with E-state index in [4.69, 9.17) is 4.74 Å². The molecule has 0 saturated heterocycles. The Hall–Kier alpha value is -1.81. The Morgan fingerprint density at radius 3 is 2.67 bits per heavy atom. The number of methoxy groups -OCH3 is 1. The number of benzene rings is 2. The van der Waals surface area contributed by atoms with E-state index >= 15 is 0 Å². The Kier molecular flexibility index (Phi) is 5.95. The molecule has 3 aromatic rings. The zero-order valence-electron chi connectivity index (χ0n) is 14.7. The first-order chi connectivity index (χ1) is 12.8. The van der Waals surface area contributed by atoms with Crippen molar-refractivity contribution in [2.45, 2.75) is 11.4 Å². The number of rotatable bonds is 5. The Labute approximate surface area is 169 Å². The lowest BCUT2D eigenvalue weighted by molar-refractivity contribution is 0.0996. The summed E-state index contributed by atoms with van der Waals surface area (Å²) in [6.45, 7) is 0.937. The van der Waals surface area contributed by atoms with Gasteiger partial charge in [0.15, 0.2) is 14.6 Å². The first-order valence-corrected chi connectivity index (χ1v) is 11.5. The molecule has 0 aliphatic carbocycles. The van der Waals surface area contributed by atoms with Crippen LogP contribution in [0.4, 0.5) is 0 Å². The van der Waals surface area contributed by atoms with Gasteiger partial charge in [0.05, 0.1) is 27.3 Å². The van der Waals surface area contributed by atoms with Crippen molar-refractivity contribution in [3.05, 3.63) is 57.3 Å². The number of fused-ring (bicyclic) bond motifs is 1. The van der Waals surface area contributed by atoms with E-state index in [0.717, 1.165) is 10.2 Å². The SMILES string of the molecule is COCCn1c(=NC(=O)c2ccccc2Br)sc2cc(S(C)(=O)=O)ccc21. The number of nitrogens with zero attached hydrogens (tertiary/aromatic N) is 2. The van der Waals surface area contributed by atoms with E-state index in [1.807, 2.05) is 10.6 Å². The summed E-state index contributed by atoms with van der Waals surface area (Å²) in [5.74, 6) is -0.372. The third-order valence-electron chi connectivity index (χ3n) is 3.90. The van der Waals surface area contributed by atoms with Crippen LogP contribution in [0.2, 0.25) is 0 Å². The quantitative estimate of drug-likeness (QED) is 0.575. The van der Waals surface area contributed by atoms with Crippen molar-refractivity contribution in [2.75, 3.05) is 20.0 Å². The summed E-state index contributed by atoms with van der Waals surface area (Å²) < 4.78 is 32.1. The number of halogens is 1. The minimum atomic E-state index is -3.32. The maximum Gasteiger partial charge on any atom is 0.280 e. The monoisotopic (exact) mass is 468 g/mol. The lowest BCUT2D eigenvalue weighted by Crippen LogP contribution is -2.19. The Balaban J connectivity index is 2.18. The van der Waals surface area contributed by atoms with Crippen LogP contribution in [0.15, 0.2) is 56.8 Å². The molecule has 1 amide bonds. The second-order valence-electron chi connectivity index (χ2n) is 5.83. The highest BCUT2D eigenvalue weighted by Crippen LogP contribution is 2.22. The molecule has 142 valence electrons. The summed E-state index contributed by atoms with van der Waals surface area (Å²) in [5.41, 5.74) is 1.27. The molecule has 0 fully saturated rings. The van der Waals surface area contributed by atoms with Crippen LogP contribution in [-0.2, 0) is 21.1 Å². The van der Waals surface area contributed by atoms with Gasteiger partial charge in [0.2, 0.25) is 0 Å². The molecule has 6 nitrogen and oxygen atoms in total. The van der Waals surface area contributed by atoms with E-state index in [2.05, 4.69) is 20.9 Å². The molecule has 0 saturated carbocycles. The van der Waals surface area contributed by atoms with E-state index in [9.17, 15) is 13.2 Å². The summed E-state index contributed by atoms with van der Waals surface area (Å²) in [6, 6.07) is 12.0. The van der Waals surface area contributed by atoms with E-state index in [1.54, 1.807) is 43.5 Å². The number of aromatic nitrogens is 1. The first kappa shape index (κ1) is 19.9. The highest BCUT2D eigenvalue weighted by atomic mass is 79.9.